The van der Waals surface area contributed by atoms with E-state index in [4.69, 9.17) is 4.74 Å². The summed E-state index contributed by atoms with van der Waals surface area (Å²) in [7, 11) is 1.55. The number of hydrogen-bond acceptors (Lipinski definition) is 4. The molecule has 0 bridgehead atoms. The Bertz CT molecular complexity index is 738. The summed E-state index contributed by atoms with van der Waals surface area (Å²) in [6.45, 7) is 0. The van der Waals surface area contributed by atoms with Crippen LogP contribution in [0.4, 0.5) is 0 Å². The third-order valence-corrected chi connectivity index (χ3v) is 3.19. The van der Waals surface area contributed by atoms with Crippen LogP contribution in [-0.2, 0) is 0 Å². The van der Waals surface area contributed by atoms with Crippen LogP contribution in [0.25, 0.3) is 10.9 Å². The fourth-order valence-corrected chi connectivity index (χ4v) is 2.20. The topological polar surface area (TPSA) is 55.2 Å². The van der Waals surface area contributed by atoms with Crippen LogP contribution in [0, 0.1) is 0 Å². The molecule has 3 rings (SSSR count). The molecule has 2 aromatic heterocycles. The van der Waals surface area contributed by atoms with E-state index in [9.17, 15) is 5.11 Å². The highest BCUT2D eigenvalue weighted by atomic mass is 16.5. The minimum Gasteiger partial charge on any atom is -0.481 e. The van der Waals surface area contributed by atoms with Gasteiger partial charge in [0.15, 0.2) is 0 Å². The van der Waals surface area contributed by atoms with E-state index in [1.165, 1.54) is 0 Å². The van der Waals surface area contributed by atoms with Gasteiger partial charge in [0.1, 0.15) is 6.10 Å². The number of pyridine rings is 2. The number of hydrogen-bond donors (Lipinski definition) is 1. The Labute approximate surface area is 116 Å². The highest BCUT2D eigenvalue weighted by Gasteiger charge is 2.16. The molecule has 2 heterocycles. The lowest BCUT2D eigenvalue weighted by molar-refractivity contribution is 0.215. The van der Waals surface area contributed by atoms with Gasteiger partial charge in [-0.3, -0.25) is 4.98 Å². The van der Waals surface area contributed by atoms with Crippen molar-refractivity contribution in [3.05, 3.63) is 66.0 Å². The third-order valence-electron chi connectivity index (χ3n) is 3.19. The van der Waals surface area contributed by atoms with Crippen LogP contribution in [0.5, 0.6) is 5.88 Å². The molecule has 4 heteroatoms. The van der Waals surface area contributed by atoms with E-state index in [0.717, 1.165) is 16.5 Å². The molecule has 100 valence electrons. The lowest BCUT2D eigenvalue weighted by Crippen LogP contribution is -2.04. The van der Waals surface area contributed by atoms with Gasteiger partial charge < -0.3 is 9.84 Å². The average Bonchev–Trinajstić information content (AvgIpc) is 2.53. The summed E-state index contributed by atoms with van der Waals surface area (Å²) < 4.78 is 5.09. The Balaban J connectivity index is 2.10. The van der Waals surface area contributed by atoms with Gasteiger partial charge in [0, 0.05) is 23.2 Å². The maximum absolute atomic E-state index is 10.6. The second-order valence-electron chi connectivity index (χ2n) is 4.43. The van der Waals surface area contributed by atoms with Gasteiger partial charge in [-0.2, -0.15) is 0 Å². The summed E-state index contributed by atoms with van der Waals surface area (Å²) in [6.07, 6.45) is 0.890. The highest BCUT2D eigenvalue weighted by molar-refractivity contribution is 5.82. The highest BCUT2D eigenvalue weighted by Crippen LogP contribution is 2.27. The molecule has 0 aliphatic heterocycles. The van der Waals surface area contributed by atoms with Crippen molar-refractivity contribution in [2.24, 2.45) is 0 Å². The van der Waals surface area contributed by atoms with Crippen molar-refractivity contribution in [2.45, 2.75) is 6.10 Å². The number of ether oxygens (including phenoxy) is 1. The second-order valence-corrected chi connectivity index (χ2v) is 4.43. The molecule has 0 aliphatic carbocycles. The van der Waals surface area contributed by atoms with Crippen molar-refractivity contribution in [1.29, 1.82) is 0 Å². The number of benzene rings is 1. The van der Waals surface area contributed by atoms with Crippen molar-refractivity contribution < 1.29 is 9.84 Å². The Morgan fingerprint density at radius 1 is 1.05 bits per heavy atom. The minimum atomic E-state index is -0.830. The van der Waals surface area contributed by atoms with Crippen LogP contribution < -0.4 is 4.74 Å². The summed E-state index contributed by atoms with van der Waals surface area (Å²) in [5.74, 6) is 0.481. The first kappa shape index (κ1) is 12.6. The molecule has 0 aliphatic rings. The van der Waals surface area contributed by atoms with Crippen molar-refractivity contribution >= 4 is 10.9 Å². The van der Waals surface area contributed by atoms with Crippen LogP contribution in [0.15, 0.2) is 54.7 Å². The van der Waals surface area contributed by atoms with Crippen molar-refractivity contribution in [2.75, 3.05) is 7.11 Å². The van der Waals surface area contributed by atoms with E-state index in [1.54, 1.807) is 25.4 Å². The predicted molar refractivity (Wildman–Crippen MR) is 76.6 cm³/mol. The molecule has 0 saturated heterocycles. The lowest BCUT2D eigenvalue weighted by atomic mass is 10.0. The van der Waals surface area contributed by atoms with Crippen LogP contribution >= 0.6 is 0 Å². The Morgan fingerprint density at radius 2 is 1.85 bits per heavy atom. The smallest absolute Gasteiger partial charge is 0.213 e. The summed E-state index contributed by atoms with van der Waals surface area (Å²) in [4.78, 5) is 8.63. The number of aliphatic hydroxyl groups excluding tert-OH is 1. The number of para-hydroxylation sites is 1. The number of rotatable bonds is 3. The van der Waals surface area contributed by atoms with Gasteiger partial charge in [0.05, 0.1) is 18.3 Å². The van der Waals surface area contributed by atoms with E-state index in [-0.39, 0.29) is 0 Å². The normalized spacial score (nSPS) is 12.3. The molecular formula is C16H14N2O2. The molecule has 0 amide bonds. The predicted octanol–water partition coefficient (Wildman–Crippen LogP) is 2.72. The average molecular weight is 266 g/mol. The van der Waals surface area contributed by atoms with Crippen molar-refractivity contribution in [3.8, 4) is 5.88 Å². The van der Waals surface area contributed by atoms with E-state index < -0.39 is 6.10 Å². The van der Waals surface area contributed by atoms with E-state index in [1.807, 2.05) is 36.4 Å². The zero-order chi connectivity index (χ0) is 13.9. The maximum Gasteiger partial charge on any atom is 0.213 e. The summed E-state index contributed by atoms with van der Waals surface area (Å²) >= 11 is 0. The molecule has 4 nitrogen and oxygen atoms in total. The molecule has 20 heavy (non-hydrogen) atoms. The third kappa shape index (κ3) is 2.21. The molecule has 0 fully saturated rings. The molecule has 0 spiro atoms. The summed E-state index contributed by atoms with van der Waals surface area (Å²) in [5, 5.41) is 11.5. The number of aliphatic hydroxyl groups is 1. The zero-order valence-electron chi connectivity index (χ0n) is 11.0. The van der Waals surface area contributed by atoms with Gasteiger partial charge in [0.2, 0.25) is 5.88 Å². The molecule has 1 unspecified atom stereocenters. The fourth-order valence-electron chi connectivity index (χ4n) is 2.20. The van der Waals surface area contributed by atoms with E-state index in [2.05, 4.69) is 9.97 Å². The van der Waals surface area contributed by atoms with Crippen molar-refractivity contribution in [3.63, 3.8) is 0 Å². The van der Waals surface area contributed by atoms with Gasteiger partial charge >= 0.3 is 0 Å². The number of nitrogens with zero attached hydrogens (tertiary/aromatic N) is 2. The number of aromatic nitrogens is 2. The van der Waals surface area contributed by atoms with Crippen LogP contribution in [0.1, 0.15) is 17.4 Å². The summed E-state index contributed by atoms with van der Waals surface area (Å²) in [6, 6.07) is 14.9. The van der Waals surface area contributed by atoms with Gasteiger partial charge in [-0.25, -0.2) is 4.98 Å². The van der Waals surface area contributed by atoms with Gasteiger partial charge in [0.25, 0.3) is 0 Å². The standard InChI is InChI=1S/C16H14N2O2/c1-20-14-9-3-8-13(18-14)16(19)12-7-2-5-11-6-4-10-17-15(11)12/h2-10,16,19H,1H3. The van der Waals surface area contributed by atoms with Gasteiger partial charge in [-0.05, 0) is 12.1 Å². The minimum absolute atomic E-state index is 0.481. The lowest BCUT2D eigenvalue weighted by Gasteiger charge is -2.13. The Kier molecular flexibility index (Phi) is 3.31. The SMILES string of the molecule is COc1cccc(C(O)c2cccc3cccnc23)n1. The van der Waals surface area contributed by atoms with Crippen LogP contribution in [0.3, 0.4) is 0 Å². The van der Waals surface area contributed by atoms with E-state index >= 15 is 0 Å². The van der Waals surface area contributed by atoms with Crippen LogP contribution in [0.2, 0.25) is 0 Å². The fraction of sp³-hybridized carbons (Fsp3) is 0.125. The number of fused-ring (bicyclic) bond motifs is 1. The second kappa shape index (κ2) is 5.27. The molecule has 0 saturated carbocycles. The van der Waals surface area contributed by atoms with Crippen LogP contribution in [-0.4, -0.2) is 22.2 Å². The van der Waals surface area contributed by atoms with Gasteiger partial charge in [-0.15, -0.1) is 0 Å². The number of methoxy groups -OCH3 is 1. The largest absolute Gasteiger partial charge is 0.481 e. The Hall–Kier alpha value is -2.46. The molecule has 0 radical (unpaired) electrons. The molecule has 1 atom stereocenters. The maximum atomic E-state index is 10.6. The molecule has 1 N–H and O–H groups in total. The Morgan fingerprint density at radius 3 is 2.70 bits per heavy atom. The zero-order valence-corrected chi connectivity index (χ0v) is 11.0. The monoisotopic (exact) mass is 266 g/mol. The molecule has 3 aromatic rings. The quantitative estimate of drug-likeness (QED) is 0.792. The van der Waals surface area contributed by atoms with Gasteiger partial charge in [-0.1, -0.05) is 30.3 Å². The first-order valence-electron chi connectivity index (χ1n) is 6.32. The first-order chi connectivity index (χ1) is 9.79. The van der Waals surface area contributed by atoms with E-state index in [0.29, 0.717) is 11.6 Å². The molecule has 1 aromatic carbocycles. The van der Waals surface area contributed by atoms with Crippen molar-refractivity contribution in [1.82, 2.24) is 9.97 Å². The molecular weight excluding hydrogens is 252 g/mol. The summed E-state index contributed by atoms with van der Waals surface area (Å²) in [5.41, 5.74) is 2.07. The first-order valence-corrected chi connectivity index (χ1v) is 6.32.